The molecule has 0 heterocycles. The summed E-state index contributed by atoms with van der Waals surface area (Å²) in [5.41, 5.74) is 6.93. The molecule has 1 aliphatic carbocycles. The molecule has 19 heavy (non-hydrogen) atoms. The zero-order valence-corrected chi connectivity index (χ0v) is 11.9. The monoisotopic (exact) mass is 265 g/mol. The number of benzene rings is 1. The van der Waals surface area contributed by atoms with Crippen LogP contribution in [0.3, 0.4) is 0 Å². The fourth-order valence-electron chi connectivity index (χ4n) is 3.09. The average molecular weight is 265 g/mol. The van der Waals surface area contributed by atoms with Crippen LogP contribution >= 0.6 is 0 Å². The summed E-state index contributed by atoms with van der Waals surface area (Å²) >= 11 is 0. The number of hydrogen-bond donors (Lipinski definition) is 1. The highest BCUT2D eigenvalue weighted by molar-refractivity contribution is 5.23. The molecule has 2 nitrogen and oxygen atoms in total. The van der Waals surface area contributed by atoms with E-state index < -0.39 is 0 Å². The van der Waals surface area contributed by atoms with E-state index in [2.05, 4.69) is 6.92 Å². The molecule has 0 bridgehead atoms. The van der Waals surface area contributed by atoms with Crippen molar-refractivity contribution < 1.29 is 9.13 Å². The Morgan fingerprint density at radius 1 is 1.42 bits per heavy atom. The minimum absolute atomic E-state index is 0.233. The molecule has 1 aliphatic rings. The van der Waals surface area contributed by atoms with Crippen LogP contribution in [-0.2, 0) is 4.74 Å². The largest absolute Gasteiger partial charge is 0.373 e. The lowest BCUT2D eigenvalue weighted by atomic mass is 9.73. The Morgan fingerprint density at radius 3 is 2.68 bits per heavy atom. The van der Waals surface area contributed by atoms with Gasteiger partial charge < -0.3 is 10.5 Å². The first-order chi connectivity index (χ1) is 9.07. The molecule has 1 aromatic carbocycles. The van der Waals surface area contributed by atoms with Crippen LogP contribution in [0.5, 0.6) is 0 Å². The van der Waals surface area contributed by atoms with E-state index in [0.29, 0.717) is 6.61 Å². The predicted molar refractivity (Wildman–Crippen MR) is 75.3 cm³/mol. The van der Waals surface area contributed by atoms with Crippen LogP contribution in [0.25, 0.3) is 0 Å². The molecule has 0 amide bonds. The van der Waals surface area contributed by atoms with Crippen LogP contribution in [0, 0.1) is 11.7 Å². The third-order valence-corrected chi connectivity index (χ3v) is 4.33. The molecular weight excluding hydrogens is 241 g/mol. The maximum atomic E-state index is 13.4. The van der Waals surface area contributed by atoms with Gasteiger partial charge in [-0.05, 0) is 56.2 Å². The van der Waals surface area contributed by atoms with Crippen LogP contribution in [0.15, 0.2) is 24.3 Å². The number of hydrogen-bond acceptors (Lipinski definition) is 2. The van der Waals surface area contributed by atoms with Crippen molar-refractivity contribution in [2.75, 3.05) is 6.61 Å². The number of rotatable bonds is 4. The standard InChI is InChI=1S/C16H24FNO/c1-3-19-16(9-7-12(2)8-10-16)15(18)13-5-4-6-14(17)11-13/h4-6,11-12,15H,3,7-10,18H2,1-2H3. The van der Waals surface area contributed by atoms with E-state index in [0.717, 1.165) is 37.2 Å². The van der Waals surface area contributed by atoms with Crippen molar-refractivity contribution in [2.45, 2.75) is 51.2 Å². The van der Waals surface area contributed by atoms with Gasteiger partial charge in [-0.25, -0.2) is 4.39 Å². The average Bonchev–Trinajstić information content (AvgIpc) is 2.41. The Balaban J connectivity index is 2.23. The van der Waals surface area contributed by atoms with Gasteiger partial charge in [-0.3, -0.25) is 0 Å². The fourth-order valence-corrected chi connectivity index (χ4v) is 3.09. The molecular formula is C16H24FNO. The van der Waals surface area contributed by atoms with Gasteiger partial charge in [-0.2, -0.15) is 0 Å². The zero-order valence-electron chi connectivity index (χ0n) is 11.9. The van der Waals surface area contributed by atoms with Crippen molar-refractivity contribution in [3.8, 4) is 0 Å². The first-order valence-electron chi connectivity index (χ1n) is 7.22. The fraction of sp³-hybridized carbons (Fsp3) is 0.625. The molecule has 1 saturated carbocycles. The second-order valence-corrected chi connectivity index (χ2v) is 5.71. The lowest BCUT2D eigenvalue weighted by molar-refractivity contribution is -0.0897. The number of nitrogens with two attached hydrogens (primary N) is 1. The predicted octanol–water partition coefficient (Wildman–Crippen LogP) is 3.81. The van der Waals surface area contributed by atoms with E-state index in [1.165, 1.54) is 12.1 Å². The lowest BCUT2D eigenvalue weighted by Crippen LogP contribution is -2.46. The van der Waals surface area contributed by atoms with Crippen LogP contribution in [0.1, 0.15) is 51.1 Å². The van der Waals surface area contributed by atoms with Crippen molar-refractivity contribution in [2.24, 2.45) is 11.7 Å². The molecule has 0 radical (unpaired) electrons. The molecule has 1 aromatic rings. The number of halogens is 1. The summed E-state index contributed by atoms with van der Waals surface area (Å²) in [6, 6.07) is 6.34. The summed E-state index contributed by atoms with van der Waals surface area (Å²) in [6.07, 6.45) is 4.17. The molecule has 2 rings (SSSR count). The second kappa shape index (κ2) is 6.02. The minimum Gasteiger partial charge on any atom is -0.373 e. The van der Waals surface area contributed by atoms with Gasteiger partial charge >= 0.3 is 0 Å². The van der Waals surface area contributed by atoms with E-state index in [4.69, 9.17) is 10.5 Å². The minimum atomic E-state index is -0.324. The van der Waals surface area contributed by atoms with E-state index in [9.17, 15) is 4.39 Å². The Kier molecular flexibility index (Phi) is 4.58. The van der Waals surface area contributed by atoms with Crippen LogP contribution in [-0.4, -0.2) is 12.2 Å². The lowest BCUT2D eigenvalue weighted by Gasteiger charge is -2.43. The smallest absolute Gasteiger partial charge is 0.123 e. The molecule has 2 N–H and O–H groups in total. The summed E-state index contributed by atoms with van der Waals surface area (Å²) in [5, 5.41) is 0. The van der Waals surface area contributed by atoms with Gasteiger partial charge in [0.05, 0.1) is 11.6 Å². The Bertz CT molecular complexity index is 413. The molecule has 0 aromatic heterocycles. The summed E-state index contributed by atoms with van der Waals surface area (Å²) in [5.74, 6) is 0.497. The van der Waals surface area contributed by atoms with Gasteiger partial charge in [0.15, 0.2) is 0 Å². The molecule has 0 spiro atoms. The third-order valence-electron chi connectivity index (χ3n) is 4.33. The summed E-state index contributed by atoms with van der Waals surface area (Å²) in [4.78, 5) is 0. The second-order valence-electron chi connectivity index (χ2n) is 5.71. The quantitative estimate of drug-likeness (QED) is 0.898. The normalized spacial score (nSPS) is 29.2. The third kappa shape index (κ3) is 3.15. The van der Waals surface area contributed by atoms with Gasteiger partial charge in [0.1, 0.15) is 5.82 Å². The molecule has 0 aliphatic heterocycles. The van der Waals surface area contributed by atoms with Crippen LogP contribution in [0.2, 0.25) is 0 Å². The van der Waals surface area contributed by atoms with Gasteiger partial charge in [0.25, 0.3) is 0 Å². The van der Waals surface area contributed by atoms with Gasteiger partial charge in [0.2, 0.25) is 0 Å². The van der Waals surface area contributed by atoms with Crippen molar-refractivity contribution in [1.29, 1.82) is 0 Å². The number of ether oxygens (including phenoxy) is 1. The topological polar surface area (TPSA) is 35.2 Å². The highest BCUT2D eigenvalue weighted by atomic mass is 19.1. The van der Waals surface area contributed by atoms with E-state index >= 15 is 0 Å². The SMILES string of the molecule is CCOC1(C(N)c2cccc(F)c2)CCC(C)CC1. The zero-order chi connectivity index (χ0) is 13.9. The van der Waals surface area contributed by atoms with E-state index in [1.54, 1.807) is 6.07 Å². The maximum Gasteiger partial charge on any atom is 0.123 e. The Labute approximate surface area is 115 Å². The van der Waals surface area contributed by atoms with Crippen molar-refractivity contribution in [3.63, 3.8) is 0 Å². The van der Waals surface area contributed by atoms with Crippen molar-refractivity contribution >= 4 is 0 Å². The molecule has 1 unspecified atom stereocenters. The summed E-state index contributed by atoms with van der Waals surface area (Å²) < 4.78 is 19.4. The molecule has 1 fully saturated rings. The maximum absolute atomic E-state index is 13.4. The van der Waals surface area contributed by atoms with Gasteiger partial charge in [-0.1, -0.05) is 19.1 Å². The molecule has 0 saturated heterocycles. The van der Waals surface area contributed by atoms with Gasteiger partial charge in [0, 0.05) is 6.61 Å². The van der Waals surface area contributed by atoms with E-state index in [-0.39, 0.29) is 17.5 Å². The highest BCUT2D eigenvalue weighted by Crippen LogP contribution is 2.42. The summed E-state index contributed by atoms with van der Waals surface area (Å²) in [6.45, 7) is 4.92. The van der Waals surface area contributed by atoms with E-state index in [1.807, 2.05) is 13.0 Å². The van der Waals surface area contributed by atoms with Crippen LogP contribution in [0.4, 0.5) is 4.39 Å². The molecule has 3 heteroatoms. The van der Waals surface area contributed by atoms with Crippen molar-refractivity contribution in [3.05, 3.63) is 35.6 Å². The first-order valence-corrected chi connectivity index (χ1v) is 7.22. The Hall–Kier alpha value is -0.930. The molecule has 1 atom stereocenters. The van der Waals surface area contributed by atoms with Gasteiger partial charge in [-0.15, -0.1) is 0 Å². The first kappa shape index (κ1) is 14.5. The van der Waals surface area contributed by atoms with Crippen molar-refractivity contribution in [1.82, 2.24) is 0 Å². The summed E-state index contributed by atoms with van der Waals surface area (Å²) in [7, 11) is 0. The molecule has 106 valence electrons. The van der Waals surface area contributed by atoms with Crippen LogP contribution < -0.4 is 5.73 Å². The highest BCUT2D eigenvalue weighted by Gasteiger charge is 2.41. The Morgan fingerprint density at radius 2 is 2.11 bits per heavy atom.